The van der Waals surface area contributed by atoms with E-state index in [1.165, 1.54) is 11.4 Å². The molecule has 1 heterocycles. The molecular weight excluding hydrogens is 408 g/mol. The Morgan fingerprint density at radius 2 is 1.48 bits per heavy atom. The number of aromatic nitrogens is 2. The van der Waals surface area contributed by atoms with Crippen LogP contribution in [0, 0.1) is 0 Å². The molecule has 6 nitrogen and oxygen atoms in total. The van der Waals surface area contributed by atoms with Gasteiger partial charge in [-0.2, -0.15) is 0 Å². The van der Waals surface area contributed by atoms with Crippen molar-refractivity contribution in [3.8, 4) is 0 Å². The molecule has 1 aromatic heterocycles. The lowest BCUT2D eigenvalue weighted by Gasteiger charge is -2.12. The summed E-state index contributed by atoms with van der Waals surface area (Å²) in [5.41, 5.74) is 5.47. The molecule has 0 N–H and O–H groups in total. The summed E-state index contributed by atoms with van der Waals surface area (Å²) in [6.45, 7) is 4.14. The van der Waals surface area contributed by atoms with Crippen molar-refractivity contribution in [2.45, 2.75) is 20.3 Å². The topological polar surface area (TPSA) is 40.0 Å². The Labute approximate surface area is 191 Å². The number of hydrogen-bond acceptors (Lipinski definition) is 4. The molecule has 0 bridgehead atoms. The third-order valence-electron chi connectivity index (χ3n) is 4.99. The number of hydrogen-bond donors (Lipinski definition) is 0. The largest absolute Gasteiger partial charge is 1.00 e. The smallest absolute Gasteiger partial charge is 0.307 e. The number of imidazole rings is 1. The second-order valence-electron chi connectivity index (χ2n) is 7.61. The van der Waals surface area contributed by atoms with Gasteiger partial charge in [-0.1, -0.05) is 41.4 Å². The normalized spacial score (nSPS) is 11.5. The highest BCUT2D eigenvalue weighted by atomic mass is 35.5. The molecule has 0 aliphatic carbocycles. The molecule has 0 unspecified atom stereocenters. The molecule has 7 heteroatoms. The molecule has 2 aromatic carbocycles. The lowest BCUT2D eigenvalue weighted by atomic mass is 10.1. The molecule has 3 aromatic rings. The van der Waals surface area contributed by atoms with Gasteiger partial charge in [0.1, 0.15) is 0 Å². The van der Waals surface area contributed by atoms with E-state index in [0.29, 0.717) is 0 Å². The van der Waals surface area contributed by atoms with Crippen LogP contribution in [0.5, 0.6) is 0 Å². The molecule has 0 fully saturated rings. The average molecular weight is 439 g/mol. The SMILES string of the molecule is CCc1n(N=Cc2ccc(N(C)C)cc2)cc[n+]1N=C(C)c1ccc(N(C)C)cc1.[Cl-]. The first-order valence-electron chi connectivity index (χ1n) is 10.2. The highest BCUT2D eigenvalue weighted by Crippen LogP contribution is 2.13. The maximum atomic E-state index is 4.80. The van der Waals surface area contributed by atoms with E-state index in [1.54, 1.807) is 0 Å². The molecule has 0 aliphatic heterocycles. The Kier molecular flexibility index (Phi) is 8.39. The van der Waals surface area contributed by atoms with Crippen LogP contribution in [0.4, 0.5) is 11.4 Å². The van der Waals surface area contributed by atoms with Crippen molar-refractivity contribution in [3.63, 3.8) is 0 Å². The van der Waals surface area contributed by atoms with Crippen LogP contribution >= 0.6 is 0 Å². The molecule has 164 valence electrons. The summed E-state index contributed by atoms with van der Waals surface area (Å²) in [5, 5.41) is 9.44. The lowest BCUT2D eigenvalue weighted by molar-refractivity contribution is -0.685. The van der Waals surface area contributed by atoms with E-state index in [4.69, 9.17) is 5.10 Å². The Morgan fingerprint density at radius 3 is 2.00 bits per heavy atom. The van der Waals surface area contributed by atoms with Gasteiger partial charge in [-0.3, -0.25) is 0 Å². The molecule has 0 saturated carbocycles. The van der Waals surface area contributed by atoms with Gasteiger partial charge in [0.15, 0.2) is 12.4 Å². The Bertz CT molecular complexity index is 1030. The molecule has 0 radical (unpaired) electrons. The van der Waals surface area contributed by atoms with Crippen molar-refractivity contribution >= 4 is 23.3 Å². The van der Waals surface area contributed by atoms with Crippen molar-refractivity contribution < 1.29 is 17.1 Å². The van der Waals surface area contributed by atoms with Gasteiger partial charge < -0.3 is 22.2 Å². The van der Waals surface area contributed by atoms with E-state index in [-0.39, 0.29) is 12.4 Å². The Morgan fingerprint density at radius 1 is 0.935 bits per heavy atom. The molecule has 0 aliphatic rings. The summed E-state index contributed by atoms with van der Waals surface area (Å²) >= 11 is 0. The van der Waals surface area contributed by atoms with Gasteiger partial charge in [0.05, 0.1) is 18.3 Å². The standard InChI is InChI=1S/C24H31N6.ClH/c1-7-24-29(25-18-20-8-12-22(13-9-20)27(3)4)16-17-30(24)26-19(2)21-10-14-23(15-11-21)28(5)6;/h8-18H,7H2,1-6H3;1H/q+1;/p-1. The maximum absolute atomic E-state index is 4.80. The molecule has 0 atom stereocenters. The van der Waals surface area contributed by atoms with E-state index < -0.39 is 0 Å². The highest BCUT2D eigenvalue weighted by Gasteiger charge is 2.15. The third kappa shape index (κ3) is 5.95. The van der Waals surface area contributed by atoms with E-state index in [0.717, 1.165) is 29.1 Å². The van der Waals surface area contributed by atoms with Crippen LogP contribution < -0.4 is 26.9 Å². The summed E-state index contributed by atoms with van der Waals surface area (Å²) in [6.07, 6.45) is 6.58. The Hall–Kier alpha value is -3.12. The predicted molar refractivity (Wildman–Crippen MR) is 126 cm³/mol. The summed E-state index contributed by atoms with van der Waals surface area (Å²) in [4.78, 5) is 4.17. The fraction of sp³-hybridized carbons (Fsp3) is 0.292. The second kappa shape index (κ2) is 10.8. The fourth-order valence-corrected chi connectivity index (χ4v) is 3.13. The zero-order chi connectivity index (χ0) is 21.7. The highest BCUT2D eigenvalue weighted by molar-refractivity contribution is 5.98. The van der Waals surface area contributed by atoms with Crippen molar-refractivity contribution in [3.05, 3.63) is 77.9 Å². The van der Waals surface area contributed by atoms with E-state index >= 15 is 0 Å². The maximum Gasteiger partial charge on any atom is 0.307 e. The summed E-state index contributed by atoms with van der Waals surface area (Å²) in [6, 6.07) is 16.7. The minimum absolute atomic E-state index is 0. The van der Waals surface area contributed by atoms with Crippen LogP contribution in [0.3, 0.4) is 0 Å². The lowest BCUT2D eigenvalue weighted by Crippen LogP contribution is -3.00. The molecular formula is C24H31ClN6. The quantitative estimate of drug-likeness (QED) is 0.401. The van der Waals surface area contributed by atoms with Gasteiger partial charge in [0.2, 0.25) is 0 Å². The van der Waals surface area contributed by atoms with Crippen LogP contribution in [-0.4, -0.2) is 44.8 Å². The molecule has 0 amide bonds. The van der Waals surface area contributed by atoms with Crippen molar-refractivity contribution in [1.29, 1.82) is 0 Å². The van der Waals surface area contributed by atoms with Crippen LogP contribution in [0.25, 0.3) is 0 Å². The number of benzene rings is 2. The van der Waals surface area contributed by atoms with E-state index in [2.05, 4.69) is 70.4 Å². The fourth-order valence-electron chi connectivity index (χ4n) is 3.13. The van der Waals surface area contributed by atoms with Gasteiger partial charge >= 0.3 is 5.82 Å². The summed E-state index contributed by atoms with van der Waals surface area (Å²) in [5.74, 6) is 1.01. The van der Waals surface area contributed by atoms with Gasteiger partial charge in [-0.15, -0.1) is 9.35 Å². The van der Waals surface area contributed by atoms with Crippen LogP contribution in [0.15, 0.2) is 71.1 Å². The zero-order valence-corrected chi connectivity index (χ0v) is 19.9. The van der Waals surface area contributed by atoms with Gasteiger partial charge in [0.25, 0.3) is 0 Å². The molecule has 0 spiro atoms. The van der Waals surface area contributed by atoms with Crippen LogP contribution in [0.1, 0.15) is 30.8 Å². The first-order valence-corrected chi connectivity index (χ1v) is 10.2. The molecule has 31 heavy (non-hydrogen) atoms. The van der Waals surface area contributed by atoms with E-state index in [1.807, 2.05) is 63.1 Å². The Balaban J connectivity index is 0.00000341. The first-order chi connectivity index (χ1) is 14.4. The van der Waals surface area contributed by atoms with Crippen LogP contribution in [-0.2, 0) is 6.42 Å². The monoisotopic (exact) mass is 438 g/mol. The minimum atomic E-state index is 0. The van der Waals surface area contributed by atoms with Crippen molar-refractivity contribution in [1.82, 2.24) is 4.68 Å². The average Bonchev–Trinajstić information content (AvgIpc) is 3.13. The summed E-state index contributed by atoms with van der Waals surface area (Å²) < 4.78 is 3.79. The number of anilines is 2. The first kappa shape index (κ1) is 24.2. The second-order valence-corrected chi connectivity index (χ2v) is 7.61. The van der Waals surface area contributed by atoms with Crippen molar-refractivity contribution in [2.24, 2.45) is 10.2 Å². The predicted octanol–water partition coefficient (Wildman–Crippen LogP) is 0.629. The number of nitrogens with zero attached hydrogens (tertiary/aromatic N) is 6. The minimum Gasteiger partial charge on any atom is -1.00 e. The van der Waals surface area contributed by atoms with Crippen LogP contribution in [0.2, 0.25) is 0 Å². The van der Waals surface area contributed by atoms with E-state index in [9.17, 15) is 0 Å². The van der Waals surface area contributed by atoms with Gasteiger partial charge in [0, 0.05) is 39.6 Å². The van der Waals surface area contributed by atoms with Gasteiger partial charge in [-0.25, -0.2) is 0 Å². The molecule has 0 saturated heterocycles. The molecule has 3 rings (SSSR count). The van der Waals surface area contributed by atoms with Crippen molar-refractivity contribution in [2.75, 3.05) is 38.0 Å². The third-order valence-corrected chi connectivity index (χ3v) is 4.99. The number of halogens is 1. The zero-order valence-electron chi connectivity index (χ0n) is 19.1. The number of rotatable bonds is 7. The summed E-state index contributed by atoms with van der Waals surface area (Å²) in [7, 11) is 8.15. The van der Waals surface area contributed by atoms with Gasteiger partial charge in [-0.05, 0) is 42.3 Å².